The Hall–Kier alpha value is -0.930. The van der Waals surface area contributed by atoms with Gasteiger partial charge in [0.05, 0.1) is 0 Å². The Kier molecular flexibility index (Phi) is 4.36. The highest BCUT2D eigenvalue weighted by atomic mass is 19.1. The molecule has 0 saturated heterocycles. The van der Waals surface area contributed by atoms with E-state index in [1.807, 2.05) is 12.1 Å². The third kappa shape index (κ3) is 3.79. The van der Waals surface area contributed by atoms with E-state index in [4.69, 9.17) is 0 Å². The van der Waals surface area contributed by atoms with Crippen LogP contribution < -0.4 is 5.32 Å². The molecular formula is C15H23FN2. The van der Waals surface area contributed by atoms with E-state index < -0.39 is 0 Å². The van der Waals surface area contributed by atoms with Crippen LogP contribution in [-0.2, 0) is 13.1 Å². The van der Waals surface area contributed by atoms with Crippen LogP contribution >= 0.6 is 0 Å². The molecule has 0 spiro atoms. The number of hydrogen-bond donors (Lipinski definition) is 1. The highest BCUT2D eigenvalue weighted by Crippen LogP contribution is 2.27. The molecule has 1 N–H and O–H groups in total. The Bertz CT molecular complexity index is 399. The molecule has 0 aromatic heterocycles. The van der Waals surface area contributed by atoms with Crippen molar-refractivity contribution in [2.24, 2.45) is 0 Å². The molecule has 1 aliphatic rings. The van der Waals surface area contributed by atoms with Crippen molar-refractivity contribution < 1.29 is 4.39 Å². The van der Waals surface area contributed by atoms with Crippen molar-refractivity contribution in [3.63, 3.8) is 0 Å². The maximum absolute atomic E-state index is 13.8. The predicted molar refractivity (Wildman–Crippen MR) is 72.9 cm³/mol. The van der Waals surface area contributed by atoms with Crippen molar-refractivity contribution in [1.82, 2.24) is 10.2 Å². The van der Waals surface area contributed by atoms with Crippen molar-refractivity contribution in [2.75, 3.05) is 7.05 Å². The van der Waals surface area contributed by atoms with Gasteiger partial charge in [-0.2, -0.15) is 0 Å². The highest BCUT2D eigenvalue weighted by molar-refractivity contribution is 5.25. The molecule has 100 valence electrons. The van der Waals surface area contributed by atoms with E-state index in [2.05, 4.69) is 31.1 Å². The second-order valence-electron chi connectivity index (χ2n) is 5.61. The fourth-order valence-electron chi connectivity index (χ4n) is 2.09. The van der Waals surface area contributed by atoms with E-state index in [9.17, 15) is 4.39 Å². The van der Waals surface area contributed by atoms with Gasteiger partial charge >= 0.3 is 0 Å². The molecule has 1 saturated carbocycles. The fourth-order valence-corrected chi connectivity index (χ4v) is 2.09. The lowest BCUT2D eigenvalue weighted by Gasteiger charge is -2.17. The number of nitrogens with zero attached hydrogens (tertiary/aromatic N) is 1. The summed E-state index contributed by atoms with van der Waals surface area (Å²) in [6.07, 6.45) is 2.51. The first-order valence-corrected chi connectivity index (χ1v) is 6.77. The van der Waals surface area contributed by atoms with E-state index in [1.54, 1.807) is 6.07 Å². The minimum atomic E-state index is -0.0872. The minimum Gasteiger partial charge on any atom is -0.310 e. The van der Waals surface area contributed by atoms with Crippen molar-refractivity contribution in [3.05, 3.63) is 35.1 Å². The van der Waals surface area contributed by atoms with E-state index in [-0.39, 0.29) is 5.82 Å². The van der Waals surface area contributed by atoms with Crippen LogP contribution in [0.1, 0.15) is 37.8 Å². The number of rotatable bonds is 6. The molecule has 0 heterocycles. The second kappa shape index (κ2) is 5.81. The van der Waals surface area contributed by atoms with E-state index in [0.717, 1.165) is 17.7 Å². The summed E-state index contributed by atoms with van der Waals surface area (Å²) < 4.78 is 13.8. The quantitative estimate of drug-likeness (QED) is 0.835. The number of halogens is 1. The Labute approximate surface area is 109 Å². The third-order valence-corrected chi connectivity index (χ3v) is 3.41. The lowest BCUT2D eigenvalue weighted by molar-refractivity contribution is 0.311. The van der Waals surface area contributed by atoms with Crippen LogP contribution in [-0.4, -0.2) is 24.0 Å². The monoisotopic (exact) mass is 250 g/mol. The van der Waals surface area contributed by atoms with Crippen molar-refractivity contribution in [3.8, 4) is 0 Å². The molecule has 1 fully saturated rings. The summed E-state index contributed by atoms with van der Waals surface area (Å²) in [5, 5.41) is 3.36. The number of nitrogens with one attached hydrogen (secondary N) is 1. The van der Waals surface area contributed by atoms with Crippen LogP contribution in [0.15, 0.2) is 18.2 Å². The van der Waals surface area contributed by atoms with Crippen LogP contribution in [0.5, 0.6) is 0 Å². The first-order chi connectivity index (χ1) is 8.56. The third-order valence-electron chi connectivity index (χ3n) is 3.41. The molecule has 1 aliphatic carbocycles. The second-order valence-corrected chi connectivity index (χ2v) is 5.61. The molecule has 1 aromatic carbocycles. The summed E-state index contributed by atoms with van der Waals surface area (Å²) in [7, 11) is 2.08. The normalized spacial score (nSPS) is 15.7. The van der Waals surface area contributed by atoms with Gasteiger partial charge < -0.3 is 5.32 Å². The first-order valence-electron chi connectivity index (χ1n) is 6.77. The van der Waals surface area contributed by atoms with Gasteiger partial charge in [-0.3, -0.25) is 4.90 Å². The molecule has 2 rings (SSSR count). The number of benzene rings is 1. The summed E-state index contributed by atoms with van der Waals surface area (Å²) in [6, 6.07) is 6.57. The Morgan fingerprint density at radius 2 is 2.11 bits per heavy atom. The van der Waals surface area contributed by atoms with E-state index in [1.165, 1.54) is 12.8 Å². The van der Waals surface area contributed by atoms with Gasteiger partial charge in [0, 0.05) is 30.7 Å². The minimum absolute atomic E-state index is 0.0872. The maximum atomic E-state index is 13.8. The standard InChI is InChI=1S/C15H23FN2/c1-11(2)17-9-12-4-7-15(16)13(8-12)10-18(3)14-5-6-14/h4,7-8,11,14,17H,5-6,9-10H2,1-3H3. The van der Waals surface area contributed by atoms with E-state index in [0.29, 0.717) is 18.6 Å². The zero-order valence-electron chi connectivity index (χ0n) is 11.5. The summed E-state index contributed by atoms with van der Waals surface area (Å²) in [5.41, 5.74) is 1.97. The lowest BCUT2D eigenvalue weighted by atomic mass is 10.1. The predicted octanol–water partition coefficient (Wildman–Crippen LogP) is 2.92. The smallest absolute Gasteiger partial charge is 0.127 e. The molecule has 18 heavy (non-hydrogen) atoms. The summed E-state index contributed by atoms with van der Waals surface area (Å²) in [4.78, 5) is 2.25. The van der Waals surface area contributed by atoms with Gasteiger partial charge in [0.25, 0.3) is 0 Å². The first kappa shape index (κ1) is 13.5. The van der Waals surface area contributed by atoms with Gasteiger partial charge in [-0.15, -0.1) is 0 Å². The zero-order valence-corrected chi connectivity index (χ0v) is 11.5. The number of hydrogen-bond acceptors (Lipinski definition) is 2. The zero-order chi connectivity index (χ0) is 13.1. The van der Waals surface area contributed by atoms with Crippen LogP contribution in [0.25, 0.3) is 0 Å². The molecule has 0 radical (unpaired) electrons. The summed E-state index contributed by atoms with van der Waals surface area (Å²) >= 11 is 0. The topological polar surface area (TPSA) is 15.3 Å². The van der Waals surface area contributed by atoms with Gasteiger partial charge in [-0.25, -0.2) is 4.39 Å². The Morgan fingerprint density at radius 1 is 1.39 bits per heavy atom. The average molecular weight is 250 g/mol. The highest BCUT2D eigenvalue weighted by Gasteiger charge is 2.26. The van der Waals surface area contributed by atoms with Crippen LogP contribution in [0.2, 0.25) is 0 Å². The average Bonchev–Trinajstić information content (AvgIpc) is 3.14. The van der Waals surface area contributed by atoms with Crippen molar-refractivity contribution in [1.29, 1.82) is 0 Å². The van der Waals surface area contributed by atoms with Crippen LogP contribution in [0, 0.1) is 5.82 Å². The molecule has 0 bridgehead atoms. The molecule has 1 aromatic rings. The summed E-state index contributed by atoms with van der Waals surface area (Å²) in [6.45, 7) is 5.75. The van der Waals surface area contributed by atoms with Gasteiger partial charge in [-0.05, 0) is 31.5 Å². The Balaban J connectivity index is 2.01. The van der Waals surface area contributed by atoms with Crippen LogP contribution in [0.4, 0.5) is 4.39 Å². The molecule has 0 atom stereocenters. The Morgan fingerprint density at radius 3 is 2.72 bits per heavy atom. The van der Waals surface area contributed by atoms with Gasteiger partial charge in [0.2, 0.25) is 0 Å². The molecule has 3 heteroatoms. The molecule has 0 unspecified atom stereocenters. The maximum Gasteiger partial charge on any atom is 0.127 e. The molecule has 2 nitrogen and oxygen atoms in total. The summed E-state index contributed by atoms with van der Waals surface area (Å²) in [5.74, 6) is -0.0872. The lowest BCUT2D eigenvalue weighted by Crippen LogP contribution is -2.23. The molecule has 0 amide bonds. The molecular weight excluding hydrogens is 227 g/mol. The van der Waals surface area contributed by atoms with Crippen LogP contribution in [0.3, 0.4) is 0 Å². The molecule has 0 aliphatic heterocycles. The van der Waals surface area contributed by atoms with Gasteiger partial charge in [-0.1, -0.05) is 26.0 Å². The van der Waals surface area contributed by atoms with E-state index >= 15 is 0 Å². The SMILES string of the molecule is CC(C)NCc1ccc(F)c(CN(C)C2CC2)c1. The van der Waals surface area contributed by atoms with Crippen molar-refractivity contribution >= 4 is 0 Å². The largest absolute Gasteiger partial charge is 0.310 e. The fraction of sp³-hybridized carbons (Fsp3) is 0.600. The van der Waals surface area contributed by atoms with Gasteiger partial charge in [0.1, 0.15) is 5.82 Å². The van der Waals surface area contributed by atoms with Crippen molar-refractivity contribution in [2.45, 2.75) is 51.9 Å². The van der Waals surface area contributed by atoms with Gasteiger partial charge in [0.15, 0.2) is 0 Å².